The predicted molar refractivity (Wildman–Crippen MR) is 58.5 cm³/mol. The van der Waals surface area contributed by atoms with Gasteiger partial charge in [0.2, 0.25) is 0 Å². The molecule has 1 aromatic rings. The van der Waals surface area contributed by atoms with E-state index >= 15 is 0 Å². The van der Waals surface area contributed by atoms with Crippen LogP contribution in [0.5, 0.6) is 0 Å². The van der Waals surface area contributed by atoms with E-state index in [2.05, 4.69) is 15.9 Å². The van der Waals surface area contributed by atoms with Crippen LogP contribution in [0.25, 0.3) is 0 Å². The lowest BCUT2D eigenvalue weighted by molar-refractivity contribution is 0.00217. The van der Waals surface area contributed by atoms with Gasteiger partial charge in [0.15, 0.2) is 0 Å². The van der Waals surface area contributed by atoms with Gasteiger partial charge in [0.05, 0.1) is 15.6 Å². The van der Waals surface area contributed by atoms with Crippen LogP contribution in [-0.4, -0.2) is 5.11 Å². The average Bonchev–Trinajstić information content (AvgIpc) is 2.11. The van der Waals surface area contributed by atoms with Crippen LogP contribution in [0.3, 0.4) is 0 Å². The first-order valence-electron chi connectivity index (χ1n) is 4.64. The highest BCUT2D eigenvalue weighted by Gasteiger charge is 2.34. The van der Waals surface area contributed by atoms with Crippen molar-refractivity contribution in [3.05, 3.63) is 33.8 Å². The van der Waals surface area contributed by atoms with Crippen molar-refractivity contribution >= 4 is 15.9 Å². The summed E-state index contributed by atoms with van der Waals surface area (Å²) in [6.07, 6.45) is 0. The second-order valence-electron chi connectivity index (χ2n) is 4.02. The molecular weight excluding hydrogens is 266 g/mol. The van der Waals surface area contributed by atoms with Crippen LogP contribution in [0.2, 0.25) is 0 Å². The second kappa shape index (κ2) is 4.18. The number of rotatable bonds is 2. The molecule has 0 radical (unpaired) electrons. The molecule has 0 bridgehead atoms. The van der Waals surface area contributed by atoms with E-state index in [9.17, 15) is 13.9 Å². The molecule has 0 aliphatic rings. The van der Waals surface area contributed by atoms with Crippen LogP contribution >= 0.6 is 15.9 Å². The van der Waals surface area contributed by atoms with Gasteiger partial charge < -0.3 is 5.11 Å². The molecule has 0 saturated carbocycles. The molecule has 0 saturated heterocycles. The maximum Gasteiger partial charge on any atom is 0.146 e. The van der Waals surface area contributed by atoms with Crippen molar-refractivity contribution in [3.8, 4) is 0 Å². The molecule has 1 nitrogen and oxygen atoms in total. The maximum absolute atomic E-state index is 13.7. The van der Waals surface area contributed by atoms with Gasteiger partial charge in [-0.25, -0.2) is 8.78 Å². The molecular formula is C11H13BrF2O. The highest BCUT2D eigenvalue weighted by molar-refractivity contribution is 9.10. The smallest absolute Gasteiger partial charge is 0.146 e. The fourth-order valence-corrected chi connectivity index (χ4v) is 1.61. The normalized spacial score (nSPS) is 15.5. The Kier molecular flexibility index (Phi) is 3.51. The molecule has 0 aliphatic heterocycles. The Balaban J connectivity index is 3.42. The molecule has 15 heavy (non-hydrogen) atoms. The Morgan fingerprint density at radius 3 is 2.33 bits per heavy atom. The number of hydrogen-bond donors (Lipinski definition) is 1. The summed E-state index contributed by atoms with van der Waals surface area (Å²) < 4.78 is 27.3. The van der Waals surface area contributed by atoms with E-state index in [0.717, 1.165) is 6.07 Å². The van der Waals surface area contributed by atoms with E-state index in [1.165, 1.54) is 13.0 Å². The molecule has 0 aliphatic carbocycles. The van der Waals surface area contributed by atoms with E-state index in [1.807, 2.05) is 0 Å². The number of hydrogen-bond acceptors (Lipinski definition) is 1. The highest BCUT2D eigenvalue weighted by Crippen LogP contribution is 2.35. The van der Waals surface area contributed by atoms with E-state index < -0.39 is 17.2 Å². The van der Waals surface area contributed by atoms with Crippen LogP contribution < -0.4 is 0 Å². The van der Waals surface area contributed by atoms with Gasteiger partial charge in [-0.1, -0.05) is 13.8 Å². The van der Waals surface area contributed by atoms with Crippen molar-refractivity contribution in [1.29, 1.82) is 0 Å². The van der Waals surface area contributed by atoms with Crippen molar-refractivity contribution in [2.75, 3.05) is 0 Å². The highest BCUT2D eigenvalue weighted by atomic mass is 79.9. The SMILES string of the molecule is CC(C)C(C)(O)c1c(F)ccc(Br)c1F. The van der Waals surface area contributed by atoms with Gasteiger partial charge in [0.25, 0.3) is 0 Å². The number of halogens is 3. The molecule has 1 rings (SSSR count). The molecule has 4 heteroatoms. The fraction of sp³-hybridized carbons (Fsp3) is 0.455. The monoisotopic (exact) mass is 278 g/mol. The van der Waals surface area contributed by atoms with Gasteiger partial charge in [-0.2, -0.15) is 0 Å². The molecule has 0 spiro atoms. The van der Waals surface area contributed by atoms with Gasteiger partial charge in [-0.15, -0.1) is 0 Å². The molecule has 1 atom stereocenters. The van der Waals surface area contributed by atoms with Crippen molar-refractivity contribution in [1.82, 2.24) is 0 Å². The predicted octanol–water partition coefficient (Wildman–Crippen LogP) is 3.59. The first-order valence-corrected chi connectivity index (χ1v) is 5.44. The lowest BCUT2D eigenvalue weighted by Gasteiger charge is -2.29. The summed E-state index contributed by atoms with van der Waals surface area (Å²) in [7, 11) is 0. The minimum Gasteiger partial charge on any atom is -0.385 e. The minimum absolute atomic E-state index is 0.153. The van der Waals surface area contributed by atoms with E-state index in [0.29, 0.717) is 0 Å². The lowest BCUT2D eigenvalue weighted by atomic mass is 9.84. The third kappa shape index (κ3) is 2.21. The van der Waals surface area contributed by atoms with E-state index in [4.69, 9.17) is 0 Å². The quantitative estimate of drug-likeness (QED) is 0.820. The summed E-state index contributed by atoms with van der Waals surface area (Å²) in [5.41, 5.74) is -1.80. The zero-order chi connectivity index (χ0) is 11.8. The number of benzene rings is 1. The number of aliphatic hydroxyl groups is 1. The standard InChI is InChI=1S/C11H13BrF2O/c1-6(2)11(3,15)9-8(13)5-4-7(12)10(9)14/h4-6,15H,1-3H3. The van der Waals surface area contributed by atoms with Gasteiger partial charge in [0, 0.05) is 0 Å². The molecule has 1 aromatic carbocycles. The van der Waals surface area contributed by atoms with Crippen molar-refractivity contribution in [2.24, 2.45) is 5.92 Å². The molecule has 1 N–H and O–H groups in total. The van der Waals surface area contributed by atoms with Gasteiger partial charge >= 0.3 is 0 Å². The Labute approximate surface area is 96.2 Å². The molecule has 1 unspecified atom stereocenters. The zero-order valence-corrected chi connectivity index (χ0v) is 10.4. The van der Waals surface area contributed by atoms with Gasteiger partial charge in [-0.05, 0) is 40.9 Å². The first kappa shape index (κ1) is 12.6. The Bertz CT molecular complexity index is 375. The van der Waals surface area contributed by atoms with Gasteiger partial charge in [-0.3, -0.25) is 0 Å². The summed E-state index contributed by atoms with van der Waals surface area (Å²) in [6.45, 7) is 4.82. The topological polar surface area (TPSA) is 20.2 Å². The Morgan fingerprint density at radius 1 is 1.33 bits per heavy atom. The van der Waals surface area contributed by atoms with Crippen LogP contribution in [-0.2, 0) is 5.60 Å². The molecule has 0 amide bonds. The summed E-state index contributed by atoms with van der Waals surface area (Å²) in [5, 5.41) is 10.0. The van der Waals surface area contributed by atoms with Crippen molar-refractivity contribution < 1.29 is 13.9 Å². The van der Waals surface area contributed by atoms with Crippen LogP contribution in [0.1, 0.15) is 26.3 Å². The first-order chi connectivity index (χ1) is 6.78. The van der Waals surface area contributed by atoms with Crippen LogP contribution in [0, 0.1) is 17.6 Å². The second-order valence-corrected chi connectivity index (χ2v) is 4.87. The van der Waals surface area contributed by atoms with Crippen LogP contribution in [0.4, 0.5) is 8.78 Å². The third-order valence-corrected chi connectivity index (χ3v) is 3.29. The summed E-state index contributed by atoms with van der Waals surface area (Å²) in [6, 6.07) is 2.42. The minimum atomic E-state index is -1.52. The Morgan fingerprint density at radius 2 is 1.87 bits per heavy atom. The van der Waals surface area contributed by atoms with E-state index in [-0.39, 0.29) is 16.0 Å². The lowest BCUT2D eigenvalue weighted by Crippen LogP contribution is -2.30. The molecule has 0 heterocycles. The molecule has 84 valence electrons. The molecule has 0 aromatic heterocycles. The van der Waals surface area contributed by atoms with Crippen molar-refractivity contribution in [2.45, 2.75) is 26.4 Å². The largest absolute Gasteiger partial charge is 0.385 e. The summed E-state index contributed by atoms with van der Waals surface area (Å²) >= 11 is 2.97. The maximum atomic E-state index is 13.7. The van der Waals surface area contributed by atoms with Crippen molar-refractivity contribution in [3.63, 3.8) is 0 Å². The van der Waals surface area contributed by atoms with Gasteiger partial charge in [0.1, 0.15) is 11.6 Å². The average molecular weight is 279 g/mol. The van der Waals surface area contributed by atoms with Crippen LogP contribution in [0.15, 0.2) is 16.6 Å². The van der Waals surface area contributed by atoms with E-state index in [1.54, 1.807) is 13.8 Å². The third-order valence-electron chi connectivity index (χ3n) is 2.67. The zero-order valence-electron chi connectivity index (χ0n) is 8.81. The fourth-order valence-electron chi connectivity index (χ4n) is 1.28. The Hall–Kier alpha value is -0.480. The summed E-state index contributed by atoms with van der Waals surface area (Å²) in [5.74, 6) is -1.75. The summed E-state index contributed by atoms with van der Waals surface area (Å²) in [4.78, 5) is 0. The molecule has 0 fully saturated rings.